The second-order valence-electron chi connectivity index (χ2n) is 6.49. The van der Waals surface area contributed by atoms with Crippen LogP contribution < -0.4 is 0 Å². The fraction of sp³-hybridized carbons (Fsp3) is 0.550. The minimum Gasteiger partial charge on any atom is -0.387 e. The summed E-state index contributed by atoms with van der Waals surface area (Å²) in [6, 6.07) is 5.79. The molecule has 1 aromatic heterocycles. The Morgan fingerprint density at radius 1 is 1.12 bits per heavy atom. The molecule has 1 aromatic carbocycles. The zero-order valence-electron chi connectivity index (χ0n) is 15.1. The molecule has 0 aliphatic carbocycles. The molecule has 0 bridgehead atoms. The zero-order valence-corrected chi connectivity index (χ0v) is 15.8. The van der Waals surface area contributed by atoms with Crippen molar-refractivity contribution in [1.29, 1.82) is 0 Å². The Kier molecular flexibility index (Phi) is 7.47. The van der Waals surface area contributed by atoms with E-state index in [2.05, 4.69) is 23.7 Å². The molecular formula is C20H29ClN2O. The van der Waals surface area contributed by atoms with E-state index in [4.69, 9.17) is 11.6 Å². The van der Waals surface area contributed by atoms with Crippen LogP contribution in [0, 0.1) is 6.92 Å². The van der Waals surface area contributed by atoms with Gasteiger partial charge in [-0.05, 0) is 56.1 Å². The number of nitrogens with zero attached hydrogens (tertiary/aromatic N) is 2. The predicted octanol–water partition coefficient (Wildman–Crippen LogP) is 5.13. The molecule has 1 N–H and O–H groups in total. The number of pyridine rings is 1. The van der Waals surface area contributed by atoms with Gasteiger partial charge < -0.3 is 10.0 Å². The number of aryl methyl sites for hydroxylation is 1. The first kappa shape index (κ1) is 19.2. The third-order valence-electron chi connectivity index (χ3n) is 4.58. The molecule has 0 spiro atoms. The van der Waals surface area contributed by atoms with Gasteiger partial charge in [-0.3, -0.25) is 4.98 Å². The molecule has 24 heavy (non-hydrogen) atoms. The minimum atomic E-state index is -0.509. The molecule has 0 saturated carbocycles. The van der Waals surface area contributed by atoms with Crippen molar-refractivity contribution in [3.8, 4) is 0 Å². The van der Waals surface area contributed by atoms with E-state index in [9.17, 15) is 5.11 Å². The Balaban J connectivity index is 2.23. The maximum atomic E-state index is 10.8. The number of hydrogen-bond acceptors (Lipinski definition) is 3. The average molecular weight is 349 g/mol. The van der Waals surface area contributed by atoms with Crippen molar-refractivity contribution >= 4 is 22.5 Å². The van der Waals surface area contributed by atoms with E-state index >= 15 is 0 Å². The molecule has 132 valence electrons. The van der Waals surface area contributed by atoms with Crippen LogP contribution in [0.3, 0.4) is 0 Å². The highest BCUT2D eigenvalue weighted by molar-refractivity contribution is 6.32. The Labute approximate surface area is 150 Å². The normalized spacial score (nSPS) is 12.9. The van der Waals surface area contributed by atoms with Gasteiger partial charge in [0.05, 0.1) is 11.6 Å². The minimum absolute atomic E-state index is 0.509. The summed E-state index contributed by atoms with van der Waals surface area (Å²) in [6.07, 6.45) is 5.95. The Bertz CT molecular complexity index is 651. The summed E-state index contributed by atoms with van der Waals surface area (Å²) < 4.78 is 0. The lowest BCUT2D eigenvalue weighted by molar-refractivity contribution is 0.112. The third-order valence-corrected chi connectivity index (χ3v) is 4.99. The number of rotatable bonds is 9. The Morgan fingerprint density at radius 2 is 1.79 bits per heavy atom. The lowest BCUT2D eigenvalue weighted by Crippen LogP contribution is -2.30. The van der Waals surface area contributed by atoms with Crippen LogP contribution in [0.1, 0.15) is 56.8 Å². The van der Waals surface area contributed by atoms with Gasteiger partial charge in [-0.25, -0.2) is 0 Å². The van der Waals surface area contributed by atoms with Gasteiger partial charge in [0.2, 0.25) is 0 Å². The number of unbranched alkanes of at least 4 members (excludes halogenated alkanes) is 2. The molecular weight excluding hydrogens is 320 g/mol. The highest BCUT2D eigenvalue weighted by Gasteiger charge is 2.17. The van der Waals surface area contributed by atoms with E-state index in [1.165, 1.54) is 25.7 Å². The first-order valence-corrected chi connectivity index (χ1v) is 9.40. The summed E-state index contributed by atoms with van der Waals surface area (Å²) in [5, 5.41) is 12.6. The van der Waals surface area contributed by atoms with Gasteiger partial charge in [0, 0.05) is 23.2 Å². The van der Waals surface area contributed by atoms with Crippen molar-refractivity contribution in [3.05, 3.63) is 40.5 Å². The largest absolute Gasteiger partial charge is 0.387 e. The highest BCUT2D eigenvalue weighted by atomic mass is 35.5. The van der Waals surface area contributed by atoms with E-state index in [-0.39, 0.29) is 0 Å². The van der Waals surface area contributed by atoms with Crippen LogP contribution in [0.2, 0.25) is 5.02 Å². The zero-order chi connectivity index (χ0) is 17.5. The van der Waals surface area contributed by atoms with E-state index in [0.717, 1.165) is 35.1 Å². The molecule has 4 heteroatoms. The van der Waals surface area contributed by atoms with Crippen LogP contribution in [0.4, 0.5) is 0 Å². The molecule has 1 atom stereocenters. The SMILES string of the molecule is CCCCN(CCCC)CC(O)c1ccnc2c(C)c(Cl)ccc12. The average Bonchev–Trinajstić information content (AvgIpc) is 2.60. The molecule has 0 fully saturated rings. The van der Waals surface area contributed by atoms with E-state index in [1.54, 1.807) is 6.20 Å². The summed E-state index contributed by atoms with van der Waals surface area (Å²) in [5.41, 5.74) is 2.79. The topological polar surface area (TPSA) is 36.4 Å². The van der Waals surface area contributed by atoms with Crippen LogP contribution in [0.25, 0.3) is 10.9 Å². The maximum absolute atomic E-state index is 10.8. The highest BCUT2D eigenvalue weighted by Crippen LogP contribution is 2.29. The number of hydrogen-bond donors (Lipinski definition) is 1. The second-order valence-corrected chi connectivity index (χ2v) is 6.90. The van der Waals surface area contributed by atoms with Gasteiger partial charge in [0.25, 0.3) is 0 Å². The van der Waals surface area contributed by atoms with Crippen LogP contribution >= 0.6 is 11.6 Å². The van der Waals surface area contributed by atoms with Gasteiger partial charge in [0.15, 0.2) is 0 Å². The first-order valence-electron chi connectivity index (χ1n) is 9.02. The molecule has 0 radical (unpaired) electrons. The van der Waals surface area contributed by atoms with Crippen molar-refractivity contribution < 1.29 is 5.11 Å². The monoisotopic (exact) mass is 348 g/mol. The Morgan fingerprint density at radius 3 is 2.42 bits per heavy atom. The van der Waals surface area contributed by atoms with E-state index < -0.39 is 6.10 Å². The lowest BCUT2D eigenvalue weighted by atomic mass is 10.0. The van der Waals surface area contributed by atoms with Crippen LogP contribution in [0.5, 0.6) is 0 Å². The van der Waals surface area contributed by atoms with Gasteiger partial charge in [0.1, 0.15) is 0 Å². The number of halogens is 1. The van der Waals surface area contributed by atoms with E-state index in [0.29, 0.717) is 11.6 Å². The summed E-state index contributed by atoms with van der Waals surface area (Å²) in [6.45, 7) is 9.14. The van der Waals surface area contributed by atoms with Crippen molar-refractivity contribution in [3.63, 3.8) is 0 Å². The summed E-state index contributed by atoms with van der Waals surface area (Å²) in [7, 11) is 0. The van der Waals surface area contributed by atoms with Crippen molar-refractivity contribution in [2.75, 3.05) is 19.6 Å². The number of aromatic nitrogens is 1. The number of benzene rings is 1. The van der Waals surface area contributed by atoms with E-state index in [1.807, 2.05) is 25.1 Å². The molecule has 0 aliphatic heterocycles. The van der Waals surface area contributed by atoms with Crippen molar-refractivity contribution in [2.24, 2.45) is 0 Å². The number of aliphatic hydroxyl groups excluding tert-OH is 1. The third kappa shape index (κ3) is 4.69. The summed E-state index contributed by atoms with van der Waals surface area (Å²) >= 11 is 6.21. The summed E-state index contributed by atoms with van der Waals surface area (Å²) in [5.74, 6) is 0. The van der Waals surface area contributed by atoms with Gasteiger partial charge in [-0.1, -0.05) is 44.4 Å². The molecule has 0 saturated heterocycles. The molecule has 1 unspecified atom stereocenters. The first-order chi connectivity index (χ1) is 11.6. The standard InChI is InChI=1S/C20H29ClN2O/c1-4-6-12-23(13-7-5-2)14-19(24)16-10-11-22-20-15(3)18(21)9-8-17(16)20/h8-11,19,24H,4-7,12-14H2,1-3H3. The predicted molar refractivity (Wildman–Crippen MR) is 103 cm³/mol. The second kappa shape index (κ2) is 9.36. The van der Waals surface area contributed by atoms with Crippen LogP contribution in [-0.4, -0.2) is 34.6 Å². The van der Waals surface area contributed by atoms with Crippen LogP contribution in [-0.2, 0) is 0 Å². The summed E-state index contributed by atoms with van der Waals surface area (Å²) in [4.78, 5) is 6.84. The Hall–Kier alpha value is -1.16. The number of fused-ring (bicyclic) bond motifs is 1. The van der Waals surface area contributed by atoms with Gasteiger partial charge >= 0.3 is 0 Å². The molecule has 2 aromatic rings. The fourth-order valence-electron chi connectivity index (χ4n) is 3.05. The van der Waals surface area contributed by atoms with Crippen molar-refractivity contribution in [1.82, 2.24) is 9.88 Å². The van der Waals surface area contributed by atoms with Gasteiger partial charge in [-0.15, -0.1) is 0 Å². The van der Waals surface area contributed by atoms with Crippen LogP contribution in [0.15, 0.2) is 24.4 Å². The van der Waals surface area contributed by atoms with Gasteiger partial charge in [-0.2, -0.15) is 0 Å². The lowest BCUT2D eigenvalue weighted by Gasteiger charge is -2.25. The molecule has 3 nitrogen and oxygen atoms in total. The maximum Gasteiger partial charge on any atom is 0.0924 e. The fourth-order valence-corrected chi connectivity index (χ4v) is 3.20. The molecule has 0 amide bonds. The number of aliphatic hydroxyl groups is 1. The molecule has 0 aliphatic rings. The smallest absolute Gasteiger partial charge is 0.0924 e. The van der Waals surface area contributed by atoms with Crippen molar-refractivity contribution in [2.45, 2.75) is 52.6 Å². The molecule has 2 rings (SSSR count). The quantitative estimate of drug-likeness (QED) is 0.682. The molecule has 1 heterocycles.